The summed E-state index contributed by atoms with van der Waals surface area (Å²) in [6.07, 6.45) is 0.874. The third-order valence-corrected chi connectivity index (χ3v) is 3.20. The molecule has 2 aromatic rings. The van der Waals surface area contributed by atoms with Gasteiger partial charge in [0.2, 0.25) is 0 Å². The van der Waals surface area contributed by atoms with Crippen LogP contribution < -0.4 is 10.1 Å². The van der Waals surface area contributed by atoms with Crippen molar-refractivity contribution in [3.05, 3.63) is 41.8 Å². The van der Waals surface area contributed by atoms with Gasteiger partial charge in [0.1, 0.15) is 6.54 Å². The minimum atomic E-state index is -1.04. The number of carbonyl (C=O) groups is 2. The first kappa shape index (κ1) is 14.1. The van der Waals surface area contributed by atoms with E-state index >= 15 is 0 Å². The van der Waals surface area contributed by atoms with E-state index in [4.69, 9.17) is 9.84 Å². The van der Waals surface area contributed by atoms with Gasteiger partial charge in [0.25, 0.3) is 5.91 Å². The fourth-order valence-electron chi connectivity index (χ4n) is 2.24. The van der Waals surface area contributed by atoms with Crippen molar-refractivity contribution in [1.82, 2.24) is 9.78 Å². The molecule has 1 aromatic heterocycles. The third-order valence-electron chi connectivity index (χ3n) is 3.20. The number of nitrogens with one attached hydrogen (secondary N) is 1. The van der Waals surface area contributed by atoms with Crippen LogP contribution in [0.2, 0.25) is 0 Å². The highest BCUT2D eigenvalue weighted by atomic mass is 19.1. The van der Waals surface area contributed by atoms with Crippen molar-refractivity contribution < 1.29 is 23.8 Å². The maximum atomic E-state index is 13.6. The van der Waals surface area contributed by atoms with Crippen LogP contribution in [-0.2, 0) is 22.6 Å². The molecule has 1 amide bonds. The first-order valence-electron chi connectivity index (χ1n) is 6.53. The van der Waals surface area contributed by atoms with Crippen LogP contribution in [0.1, 0.15) is 5.56 Å². The maximum Gasteiger partial charge on any atom is 0.325 e. The molecule has 2 heterocycles. The number of anilines is 1. The van der Waals surface area contributed by atoms with Crippen molar-refractivity contribution in [2.45, 2.75) is 19.1 Å². The quantitative estimate of drug-likeness (QED) is 0.880. The first-order valence-corrected chi connectivity index (χ1v) is 6.53. The molecule has 0 unspecified atom stereocenters. The summed E-state index contributed by atoms with van der Waals surface area (Å²) in [4.78, 5) is 22.7. The standard InChI is InChI=1S/C14H12FN3O4/c15-9-3-1-2-8-6-10(22-13(8)9)14(21)16-11-4-5-18(17-11)7-12(19)20/h1-5,10H,6-7H2,(H,19,20)(H,16,17,21)/t10-/m0/s1. The van der Waals surface area contributed by atoms with Crippen LogP contribution in [0, 0.1) is 5.82 Å². The minimum Gasteiger partial charge on any atom is -0.480 e. The molecule has 0 spiro atoms. The number of fused-ring (bicyclic) bond motifs is 1. The van der Waals surface area contributed by atoms with Crippen LogP contribution in [0.25, 0.3) is 0 Å². The molecule has 0 radical (unpaired) electrons. The minimum absolute atomic E-state index is 0.0963. The third kappa shape index (κ3) is 2.76. The Bertz CT molecular complexity index is 743. The Kier molecular flexibility index (Phi) is 3.50. The van der Waals surface area contributed by atoms with E-state index in [1.165, 1.54) is 23.0 Å². The first-order chi connectivity index (χ1) is 10.5. The lowest BCUT2D eigenvalue weighted by molar-refractivity contribution is -0.137. The average molecular weight is 305 g/mol. The zero-order valence-electron chi connectivity index (χ0n) is 11.3. The van der Waals surface area contributed by atoms with Crippen molar-refractivity contribution in [3.63, 3.8) is 0 Å². The fourth-order valence-corrected chi connectivity index (χ4v) is 2.24. The molecular weight excluding hydrogens is 293 g/mol. The molecule has 0 saturated carbocycles. The van der Waals surface area contributed by atoms with Gasteiger partial charge in [-0.1, -0.05) is 12.1 Å². The normalized spacial score (nSPS) is 16.0. The van der Waals surface area contributed by atoms with Gasteiger partial charge in [0.05, 0.1) is 0 Å². The monoisotopic (exact) mass is 305 g/mol. The van der Waals surface area contributed by atoms with E-state index in [0.717, 1.165) is 0 Å². The summed E-state index contributed by atoms with van der Waals surface area (Å²) >= 11 is 0. The van der Waals surface area contributed by atoms with Gasteiger partial charge < -0.3 is 15.2 Å². The zero-order chi connectivity index (χ0) is 15.7. The summed E-state index contributed by atoms with van der Waals surface area (Å²) < 4.78 is 20.1. The highest BCUT2D eigenvalue weighted by Crippen LogP contribution is 2.31. The number of carboxylic acids is 1. The van der Waals surface area contributed by atoms with Crippen molar-refractivity contribution in [3.8, 4) is 5.75 Å². The summed E-state index contributed by atoms with van der Waals surface area (Å²) in [5.41, 5.74) is 0.636. The second-order valence-corrected chi connectivity index (χ2v) is 4.82. The van der Waals surface area contributed by atoms with Crippen LogP contribution in [-0.4, -0.2) is 32.9 Å². The largest absolute Gasteiger partial charge is 0.480 e. The van der Waals surface area contributed by atoms with Gasteiger partial charge in [-0.2, -0.15) is 5.10 Å². The number of benzene rings is 1. The van der Waals surface area contributed by atoms with Crippen LogP contribution in [0.4, 0.5) is 10.2 Å². The van der Waals surface area contributed by atoms with E-state index in [0.29, 0.717) is 5.56 Å². The predicted octanol–water partition coefficient (Wildman–Crippen LogP) is 1.05. The molecular formula is C14H12FN3O4. The Morgan fingerprint density at radius 2 is 2.27 bits per heavy atom. The second kappa shape index (κ2) is 5.47. The average Bonchev–Trinajstić information content (AvgIpc) is 3.05. The molecule has 114 valence electrons. The topological polar surface area (TPSA) is 93.5 Å². The number of hydrogen-bond acceptors (Lipinski definition) is 4. The molecule has 2 N–H and O–H groups in total. The van der Waals surface area contributed by atoms with E-state index in [1.807, 2.05) is 0 Å². The predicted molar refractivity (Wildman–Crippen MR) is 73.0 cm³/mol. The van der Waals surface area contributed by atoms with E-state index < -0.39 is 23.8 Å². The molecule has 8 heteroatoms. The lowest BCUT2D eigenvalue weighted by Gasteiger charge is -2.09. The molecule has 0 bridgehead atoms. The summed E-state index contributed by atoms with van der Waals surface area (Å²) in [5.74, 6) is -1.69. The summed E-state index contributed by atoms with van der Waals surface area (Å²) in [7, 11) is 0. The summed E-state index contributed by atoms with van der Waals surface area (Å²) in [6.45, 7) is -0.299. The fraction of sp³-hybridized carbons (Fsp3) is 0.214. The molecule has 1 atom stereocenters. The van der Waals surface area contributed by atoms with E-state index in [1.54, 1.807) is 12.1 Å². The number of para-hydroxylation sites is 1. The van der Waals surface area contributed by atoms with Gasteiger partial charge in [-0.25, -0.2) is 4.39 Å². The SMILES string of the molecule is O=C(O)Cn1ccc(NC(=O)[C@@H]2Cc3cccc(F)c3O2)n1. The van der Waals surface area contributed by atoms with Crippen molar-refractivity contribution in [1.29, 1.82) is 0 Å². The second-order valence-electron chi connectivity index (χ2n) is 4.82. The number of halogens is 1. The van der Waals surface area contributed by atoms with Crippen LogP contribution >= 0.6 is 0 Å². The number of aromatic nitrogens is 2. The lowest BCUT2D eigenvalue weighted by atomic mass is 10.1. The van der Waals surface area contributed by atoms with E-state index in [9.17, 15) is 14.0 Å². The van der Waals surface area contributed by atoms with Gasteiger partial charge in [0.15, 0.2) is 23.5 Å². The van der Waals surface area contributed by atoms with Crippen molar-refractivity contribution in [2.75, 3.05) is 5.32 Å². The van der Waals surface area contributed by atoms with Crippen LogP contribution in [0.3, 0.4) is 0 Å². The van der Waals surface area contributed by atoms with Gasteiger partial charge in [-0.3, -0.25) is 14.3 Å². The molecule has 1 aliphatic heterocycles. The number of hydrogen-bond donors (Lipinski definition) is 2. The van der Waals surface area contributed by atoms with Crippen molar-refractivity contribution >= 4 is 17.7 Å². The Labute approximate surface area is 124 Å². The number of amides is 1. The molecule has 3 rings (SSSR count). The van der Waals surface area contributed by atoms with Crippen molar-refractivity contribution in [2.24, 2.45) is 0 Å². The number of ether oxygens (including phenoxy) is 1. The number of carbonyl (C=O) groups excluding carboxylic acids is 1. The lowest BCUT2D eigenvalue weighted by Crippen LogP contribution is -2.31. The Morgan fingerprint density at radius 1 is 1.45 bits per heavy atom. The number of nitrogens with zero attached hydrogens (tertiary/aromatic N) is 2. The molecule has 0 fully saturated rings. The summed E-state index contributed by atoms with van der Waals surface area (Å²) in [6, 6.07) is 6.01. The molecule has 1 aromatic carbocycles. The molecule has 1 aliphatic rings. The number of carboxylic acid groups (broad SMARTS) is 1. The van der Waals surface area contributed by atoms with E-state index in [-0.39, 0.29) is 24.5 Å². The molecule has 0 aliphatic carbocycles. The van der Waals surface area contributed by atoms with Crippen LogP contribution in [0.15, 0.2) is 30.5 Å². The number of rotatable bonds is 4. The smallest absolute Gasteiger partial charge is 0.325 e. The zero-order valence-corrected chi connectivity index (χ0v) is 11.3. The highest BCUT2D eigenvalue weighted by molar-refractivity contribution is 5.94. The maximum absolute atomic E-state index is 13.6. The van der Waals surface area contributed by atoms with Gasteiger partial charge in [-0.15, -0.1) is 0 Å². The Morgan fingerprint density at radius 3 is 3.00 bits per heavy atom. The Balaban J connectivity index is 1.65. The summed E-state index contributed by atoms with van der Waals surface area (Å²) in [5, 5.41) is 15.1. The Hall–Kier alpha value is -2.90. The van der Waals surface area contributed by atoms with Gasteiger partial charge in [0, 0.05) is 24.2 Å². The van der Waals surface area contributed by atoms with Gasteiger partial charge in [-0.05, 0) is 6.07 Å². The number of aliphatic carboxylic acids is 1. The highest BCUT2D eigenvalue weighted by Gasteiger charge is 2.31. The molecule has 22 heavy (non-hydrogen) atoms. The van der Waals surface area contributed by atoms with Crippen LogP contribution in [0.5, 0.6) is 5.75 Å². The molecule has 7 nitrogen and oxygen atoms in total. The molecule has 0 saturated heterocycles. The van der Waals surface area contributed by atoms with Gasteiger partial charge >= 0.3 is 5.97 Å². The van der Waals surface area contributed by atoms with E-state index in [2.05, 4.69) is 10.4 Å².